The number of halogens is 1. The van der Waals surface area contributed by atoms with E-state index in [9.17, 15) is 22.9 Å². The van der Waals surface area contributed by atoms with Crippen molar-refractivity contribution in [2.24, 2.45) is 0 Å². The number of sulfonamides is 1. The van der Waals surface area contributed by atoms with Crippen LogP contribution in [0.5, 0.6) is 0 Å². The number of benzene rings is 3. The van der Waals surface area contributed by atoms with Crippen LogP contribution >= 0.6 is 0 Å². The molecule has 1 amide bonds. The Balaban J connectivity index is 2.13. The van der Waals surface area contributed by atoms with Crippen molar-refractivity contribution in [3.8, 4) is 6.07 Å². The lowest BCUT2D eigenvalue weighted by Gasteiger charge is -2.25. The van der Waals surface area contributed by atoms with E-state index in [1.54, 1.807) is 38.1 Å². The number of hydrogen-bond donors (Lipinski definition) is 1. The van der Waals surface area contributed by atoms with Gasteiger partial charge in [-0.2, -0.15) is 5.26 Å². The van der Waals surface area contributed by atoms with Crippen LogP contribution in [-0.2, 0) is 16.6 Å². The summed E-state index contributed by atoms with van der Waals surface area (Å²) < 4.78 is 42.7. The highest BCUT2D eigenvalue weighted by Gasteiger charge is 2.27. The average Bonchev–Trinajstić information content (AvgIpc) is 2.78. The van der Waals surface area contributed by atoms with E-state index >= 15 is 0 Å². The molecule has 0 radical (unpaired) electrons. The molecule has 0 aliphatic rings. The Hall–Kier alpha value is -3.70. The van der Waals surface area contributed by atoms with Gasteiger partial charge in [0.1, 0.15) is 5.82 Å². The van der Waals surface area contributed by atoms with Crippen LogP contribution in [-0.4, -0.2) is 20.4 Å². The second-order valence-corrected chi connectivity index (χ2v) is 9.29. The van der Waals surface area contributed by atoms with Crippen molar-refractivity contribution in [2.75, 3.05) is 4.31 Å². The largest absolute Gasteiger partial charge is 0.350 e. The summed E-state index contributed by atoms with van der Waals surface area (Å²) in [5.41, 5.74) is 0.772. The number of nitriles is 1. The predicted molar refractivity (Wildman–Crippen MR) is 120 cm³/mol. The first kappa shape index (κ1) is 23.0. The maximum absolute atomic E-state index is 14.4. The number of nitrogens with zero attached hydrogens (tertiary/aromatic N) is 2. The summed E-state index contributed by atoms with van der Waals surface area (Å²) in [6.45, 7) is 3.44. The second kappa shape index (κ2) is 9.62. The first-order valence-corrected chi connectivity index (χ1v) is 11.3. The molecule has 0 aromatic heterocycles. The highest BCUT2D eigenvalue weighted by atomic mass is 32.2. The normalized spacial score (nSPS) is 11.1. The van der Waals surface area contributed by atoms with E-state index in [2.05, 4.69) is 5.32 Å². The van der Waals surface area contributed by atoms with Gasteiger partial charge in [-0.1, -0.05) is 36.4 Å². The third kappa shape index (κ3) is 5.13. The van der Waals surface area contributed by atoms with Gasteiger partial charge >= 0.3 is 0 Å². The number of anilines is 1. The smallest absolute Gasteiger partial charge is 0.264 e. The fourth-order valence-electron chi connectivity index (χ4n) is 3.10. The number of nitrogens with one attached hydrogen (secondary N) is 1. The van der Waals surface area contributed by atoms with Gasteiger partial charge < -0.3 is 5.32 Å². The molecule has 0 bridgehead atoms. The maximum atomic E-state index is 14.4. The van der Waals surface area contributed by atoms with E-state index in [-0.39, 0.29) is 34.3 Å². The molecular formula is C24H22FN3O3S. The molecule has 6 nitrogen and oxygen atoms in total. The Morgan fingerprint density at radius 3 is 2.44 bits per heavy atom. The van der Waals surface area contributed by atoms with Crippen LogP contribution in [0.2, 0.25) is 0 Å². The number of hydrogen-bond acceptors (Lipinski definition) is 4. The summed E-state index contributed by atoms with van der Waals surface area (Å²) in [4.78, 5) is 12.4. The molecular weight excluding hydrogens is 429 g/mol. The molecule has 0 saturated carbocycles. The molecule has 0 spiro atoms. The lowest BCUT2D eigenvalue weighted by Crippen LogP contribution is -2.33. The molecule has 32 heavy (non-hydrogen) atoms. The van der Waals surface area contributed by atoms with E-state index < -0.39 is 21.7 Å². The molecule has 0 heterocycles. The molecule has 3 aromatic carbocycles. The Morgan fingerprint density at radius 2 is 1.78 bits per heavy atom. The van der Waals surface area contributed by atoms with Crippen LogP contribution in [0.15, 0.2) is 77.7 Å². The molecule has 0 aliphatic heterocycles. The summed E-state index contributed by atoms with van der Waals surface area (Å²) in [6, 6.07) is 19.9. The lowest BCUT2D eigenvalue weighted by atomic mass is 10.1. The summed E-state index contributed by atoms with van der Waals surface area (Å²) in [6.07, 6.45) is 0. The zero-order valence-electron chi connectivity index (χ0n) is 17.6. The second-order valence-electron chi connectivity index (χ2n) is 7.43. The standard InChI is InChI=1S/C24H22FN3O3S/c1-17(2)27-24(29)22-14-20(11-12-23(22)25)28(16-18-7-4-3-5-8-18)32(30,31)21-10-6-9-19(13-21)15-26/h3-14,17H,16H2,1-2H3,(H,27,29). The molecule has 3 rings (SSSR count). The first-order valence-electron chi connectivity index (χ1n) is 9.89. The van der Waals surface area contributed by atoms with Gasteiger partial charge in [0.2, 0.25) is 0 Å². The third-order valence-electron chi connectivity index (χ3n) is 4.62. The average molecular weight is 452 g/mol. The van der Waals surface area contributed by atoms with Crippen molar-refractivity contribution in [3.05, 3.63) is 95.3 Å². The molecule has 164 valence electrons. The quantitative estimate of drug-likeness (QED) is 0.582. The summed E-state index contributed by atoms with van der Waals surface area (Å²) >= 11 is 0. The van der Waals surface area contributed by atoms with Crippen molar-refractivity contribution in [1.82, 2.24) is 5.32 Å². The Kier molecular flexibility index (Phi) is 6.91. The van der Waals surface area contributed by atoms with Crippen LogP contribution in [0, 0.1) is 17.1 Å². The van der Waals surface area contributed by atoms with Crippen LogP contribution in [0.4, 0.5) is 10.1 Å². The fourth-order valence-corrected chi connectivity index (χ4v) is 4.59. The molecule has 0 fully saturated rings. The van der Waals surface area contributed by atoms with Crippen molar-refractivity contribution in [1.29, 1.82) is 5.26 Å². The molecule has 0 atom stereocenters. The molecule has 0 aliphatic carbocycles. The summed E-state index contributed by atoms with van der Waals surface area (Å²) in [5, 5.41) is 11.8. The Bertz CT molecular complexity index is 1270. The number of carbonyl (C=O) groups excluding carboxylic acids is 1. The van der Waals surface area contributed by atoms with E-state index in [0.29, 0.717) is 5.56 Å². The topological polar surface area (TPSA) is 90.3 Å². The lowest BCUT2D eigenvalue weighted by molar-refractivity contribution is 0.0939. The van der Waals surface area contributed by atoms with E-state index in [1.165, 1.54) is 36.4 Å². The van der Waals surface area contributed by atoms with E-state index in [4.69, 9.17) is 0 Å². The number of carbonyl (C=O) groups is 1. The van der Waals surface area contributed by atoms with Gasteiger partial charge in [0.15, 0.2) is 0 Å². The zero-order valence-corrected chi connectivity index (χ0v) is 18.4. The minimum absolute atomic E-state index is 0.0448. The third-order valence-corrected chi connectivity index (χ3v) is 6.39. The predicted octanol–water partition coefficient (Wildman–Crippen LogP) is 4.23. The Morgan fingerprint density at radius 1 is 1.06 bits per heavy atom. The zero-order chi connectivity index (χ0) is 23.3. The number of amides is 1. The SMILES string of the molecule is CC(C)NC(=O)c1cc(N(Cc2ccccc2)S(=O)(=O)c2cccc(C#N)c2)ccc1F. The van der Waals surface area contributed by atoms with Gasteiger partial charge in [0, 0.05) is 6.04 Å². The van der Waals surface area contributed by atoms with Crippen LogP contribution < -0.4 is 9.62 Å². The van der Waals surface area contributed by atoms with E-state index in [0.717, 1.165) is 10.4 Å². The fraction of sp³-hybridized carbons (Fsp3) is 0.167. The van der Waals surface area contributed by atoms with Gasteiger partial charge in [-0.25, -0.2) is 12.8 Å². The van der Waals surface area contributed by atoms with Crippen molar-refractivity contribution in [2.45, 2.75) is 31.3 Å². The molecule has 8 heteroatoms. The first-order chi connectivity index (χ1) is 15.2. The van der Waals surface area contributed by atoms with Crippen LogP contribution in [0.1, 0.15) is 35.3 Å². The summed E-state index contributed by atoms with van der Waals surface area (Å²) in [7, 11) is -4.14. The molecule has 3 aromatic rings. The highest BCUT2D eigenvalue weighted by molar-refractivity contribution is 7.92. The van der Waals surface area contributed by atoms with Crippen molar-refractivity contribution in [3.63, 3.8) is 0 Å². The van der Waals surface area contributed by atoms with Gasteiger partial charge in [-0.15, -0.1) is 0 Å². The monoisotopic (exact) mass is 451 g/mol. The minimum Gasteiger partial charge on any atom is -0.350 e. The van der Waals surface area contributed by atoms with Crippen molar-refractivity contribution < 1.29 is 17.6 Å². The Labute approximate surface area is 187 Å². The van der Waals surface area contributed by atoms with Gasteiger partial charge in [0.25, 0.3) is 15.9 Å². The molecule has 1 N–H and O–H groups in total. The van der Waals surface area contributed by atoms with Crippen LogP contribution in [0.25, 0.3) is 0 Å². The van der Waals surface area contributed by atoms with Gasteiger partial charge in [0.05, 0.1) is 34.3 Å². The summed E-state index contributed by atoms with van der Waals surface area (Å²) in [5.74, 6) is -1.39. The number of rotatable bonds is 7. The van der Waals surface area contributed by atoms with Gasteiger partial charge in [-0.05, 0) is 55.8 Å². The molecule has 0 saturated heterocycles. The van der Waals surface area contributed by atoms with Crippen molar-refractivity contribution >= 4 is 21.6 Å². The van der Waals surface area contributed by atoms with Gasteiger partial charge in [-0.3, -0.25) is 9.10 Å². The minimum atomic E-state index is -4.14. The molecule has 0 unspecified atom stereocenters. The maximum Gasteiger partial charge on any atom is 0.264 e. The highest BCUT2D eigenvalue weighted by Crippen LogP contribution is 2.28. The van der Waals surface area contributed by atoms with Crippen LogP contribution in [0.3, 0.4) is 0 Å². The van der Waals surface area contributed by atoms with E-state index in [1.807, 2.05) is 12.1 Å².